The number of hydrogen-bond acceptors (Lipinski definition) is 5. The second kappa shape index (κ2) is 10.4. The van der Waals surface area contributed by atoms with Crippen LogP contribution in [0, 0.1) is 0 Å². The van der Waals surface area contributed by atoms with Gasteiger partial charge in [0.2, 0.25) is 5.91 Å². The van der Waals surface area contributed by atoms with Gasteiger partial charge in [-0.1, -0.05) is 72.8 Å². The molecule has 7 heteroatoms. The average molecular weight is 462 g/mol. The van der Waals surface area contributed by atoms with Gasteiger partial charge in [0.1, 0.15) is 0 Å². The predicted molar refractivity (Wildman–Crippen MR) is 133 cm³/mol. The van der Waals surface area contributed by atoms with E-state index in [2.05, 4.69) is 16.0 Å². The highest BCUT2D eigenvalue weighted by Gasteiger charge is 2.38. The Hall–Kier alpha value is -3.45. The van der Waals surface area contributed by atoms with E-state index in [9.17, 15) is 14.7 Å². The fourth-order valence-electron chi connectivity index (χ4n) is 4.01. The predicted octanol–water partition coefficient (Wildman–Crippen LogP) is 4.72. The number of carbonyl (C=O) groups excluding carboxylic acids is 1. The zero-order valence-corrected chi connectivity index (χ0v) is 19.0. The molecule has 170 valence electrons. The molecule has 0 fully saturated rings. The Bertz CT molecular complexity index is 1030. The molecule has 0 aliphatic carbocycles. The lowest BCUT2D eigenvalue weighted by Gasteiger charge is -2.28. The summed E-state index contributed by atoms with van der Waals surface area (Å²) in [5.74, 6) is -0.603. The molecule has 0 spiro atoms. The van der Waals surface area contributed by atoms with Gasteiger partial charge in [-0.05, 0) is 35.4 Å². The van der Waals surface area contributed by atoms with Gasteiger partial charge in [0.05, 0.1) is 23.7 Å². The van der Waals surface area contributed by atoms with E-state index in [1.54, 1.807) is 0 Å². The maximum Gasteiger partial charge on any atom is 0.308 e. The van der Waals surface area contributed by atoms with Crippen LogP contribution in [0.5, 0.6) is 0 Å². The number of anilines is 2. The molecule has 4 rings (SSSR count). The summed E-state index contributed by atoms with van der Waals surface area (Å²) in [6.07, 6.45) is 0.649. The molecule has 3 aromatic rings. The highest BCUT2D eigenvalue weighted by Crippen LogP contribution is 2.41. The Morgan fingerprint density at radius 1 is 0.848 bits per heavy atom. The van der Waals surface area contributed by atoms with Crippen molar-refractivity contribution in [1.82, 2.24) is 5.32 Å². The van der Waals surface area contributed by atoms with E-state index in [1.165, 1.54) is 11.8 Å². The molecule has 1 aliphatic rings. The molecule has 0 saturated heterocycles. The summed E-state index contributed by atoms with van der Waals surface area (Å²) in [7, 11) is 0. The van der Waals surface area contributed by atoms with Gasteiger partial charge < -0.3 is 21.1 Å². The third-order valence-electron chi connectivity index (χ3n) is 5.50. The van der Waals surface area contributed by atoms with Crippen molar-refractivity contribution in [2.24, 2.45) is 0 Å². The van der Waals surface area contributed by atoms with Crippen molar-refractivity contribution in [3.8, 4) is 0 Å². The van der Waals surface area contributed by atoms with Crippen LogP contribution in [-0.4, -0.2) is 34.3 Å². The van der Waals surface area contributed by atoms with Gasteiger partial charge in [0.25, 0.3) is 0 Å². The number of carboxylic acids is 1. The molecule has 0 bridgehead atoms. The first-order valence-corrected chi connectivity index (χ1v) is 11.9. The van der Waals surface area contributed by atoms with E-state index in [1.807, 2.05) is 84.9 Å². The minimum Gasteiger partial charge on any atom is -0.481 e. The fraction of sp³-hybridized carbons (Fsp3) is 0.231. The molecule has 33 heavy (non-hydrogen) atoms. The molecule has 1 amide bonds. The Labute approximate surface area is 197 Å². The highest BCUT2D eigenvalue weighted by atomic mass is 32.2. The lowest BCUT2D eigenvalue weighted by molar-refractivity contribution is -0.137. The van der Waals surface area contributed by atoms with Crippen LogP contribution in [-0.2, 0) is 9.59 Å². The van der Waals surface area contributed by atoms with Gasteiger partial charge >= 0.3 is 5.97 Å². The van der Waals surface area contributed by atoms with Crippen LogP contribution in [0.4, 0.5) is 11.4 Å². The molecule has 6 nitrogen and oxygen atoms in total. The second-order valence-electron chi connectivity index (χ2n) is 7.94. The van der Waals surface area contributed by atoms with E-state index in [0.29, 0.717) is 18.7 Å². The average Bonchev–Trinajstić information content (AvgIpc) is 3.18. The molecule has 0 radical (unpaired) electrons. The summed E-state index contributed by atoms with van der Waals surface area (Å²) < 4.78 is 0. The first kappa shape index (κ1) is 22.7. The van der Waals surface area contributed by atoms with Crippen LogP contribution in [0.3, 0.4) is 0 Å². The number of aliphatic carboxylic acids is 1. The van der Waals surface area contributed by atoms with Gasteiger partial charge in [0, 0.05) is 6.54 Å². The topological polar surface area (TPSA) is 90.5 Å². The Morgan fingerprint density at radius 3 is 1.88 bits per heavy atom. The van der Waals surface area contributed by atoms with Crippen LogP contribution in [0.2, 0.25) is 0 Å². The molecule has 1 heterocycles. The van der Waals surface area contributed by atoms with Gasteiger partial charge in [0.15, 0.2) is 4.99 Å². The summed E-state index contributed by atoms with van der Waals surface area (Å²) in [6, 6.07) is 27.2. The molecular weight excluding hydrogens is 434 g/mol. The number of thioether (sulfide) groups is 1. The molecule has 0 atom stereocenters. The van der Waals surface area contributed by atoms with Crippen LogP contribution >= 0.6 is 11.8 Å². The summed E-state index contributed by atoms with van der Waals surface area (Å²) in [5, 5.41) is 19.1. The Balaban J connectivity index is 1.34. The van der Waals surface area contributed by atoms with Crippen molar-refractivity contribution in [2.75, 3.05) is 22.9 Å². The molecule has 0 saturated carbocycles. The monoisotopic (exact) mass is 461 g/mol. The zero-order chi connectivity index (χ0) is 23.1. The number of hydrogen-bond donors (Lipinski definition) is 4. The normalized spacial score (nSPS) is 13.6. The number of para-hydroxylation sites is 2. The lowest BCUT2D eigenvalue weighted by atomic mass is 9.90. The van der Waals surface area contributed by atoms with E-state index in [4.69, 9.17) is 0 Å². The first-order valence-electron chi connectivity index (χ1n) is 11.0. The minimum atomic E-state index is -0.878. The summed E-state index contributed by atoms with van der Waals surface area (Å²) >= 11 is 1.51. The van der Waals surface area contributed by atoms with Gasteiger partial charge in [-0.2, -0.15) is 0 Å². The third-order valence-corrected chi connectivity index (χ3v) is 6.83. The first-order chi connectivity index (χ1) is 16.1. The quantitative estimate of drug-likeness (QED) is 0.327. The minimum absolute atomic E-state index is 0.0397. The fourth-order valence-corrected chi connectivity index (χ4v) is 5.24. The van der Waals surface area contributed by atoms with Crippen molar-refractivity contribution in [1.29, 1.82) is 0 Å². The third kappa shape index (κ3) is 5.68. The standard InChI is InChI=1S/C26H27N3O3S/c30-23(31)18-26(28-21-14-7-8-15-22(21)29-26)33-17-9-16-27-25(32)24(19-10-3-1-4-11-19)20-12-5-2-6-13-20/h1-8,10-15,24,28-29H,9,16-18H2,(H,27,32)(H,30,31). The summed E-state index contributed by atoms with van der Waals surface area (Å²) in [4.78, 5) is 23.8. The lowest BCUT2D eigenvalue weighted by Crippen LogP contribution is -2.41. The number of benzene rings is 3. The van der Waals surface area contributed by atoms with E-state index in [-0.39, 0.29) is 18.2 Å². The maximum atomic E-state index is 13.1. The smallest absolute Gasteiger partial charge is 0.308 e. The van der Waals surface area contributed by atoms with Crippen molar-refractivity contribution in [3.63, 3.8) is 0 Å². The van der Waals surface area contributed by atoms with Crippen molar-refractivity contribution in [3.05, 3.63) is 96.1 Å². The van der Waals surface area contributed by atoms with E-state index in [0.717, 1.165) is 22.5 Å². The molecule has 0 aromatic heterocycles. The highest BCUT2D eigenvalue weighted by molar-refractivity contribution is 8.00. The largest absolute Gasteiger partial charge is 0.481 e. The Kier molecular flexibility index (Phi) is 7.19. The van der Waals surface area contributed by atoms with Crippen LogP contribution in [0.15, 0.2) is 84.9 Å². The number of carbonyl (C=O) groups is 2. The zero-order valence-electron chi connectivity index (χ0n) is 18.2. The summed E-state index contributed by atoms with van der Waals surface area (Å²) in [6.45, 7) is 0.512. The van der Waals surface area contributed by atoms with Crippen LogP contribution in [0.1, 0.15) is 29.9 Å². The molecule has 0 unspecified atom stereocenters. The van der Waals surface area contributed by atoms with E-state index >= 15 is 0 Å². The maximum absolute atomic E-state index is 13.1. The van der Waals surface area contributed by atoms with Gasteiger partial charge in [-0.15, -0.1) is 11.8 Å². The molecule has 3 aromatic carbocycles. The number of carboxylic acid groups (broad SMARTS) is 1. The number of rotatable bonds is 10. The molecule has 4 N–H and O–H groups in total. The molecule has 1 aliphatic heterocycles. The molecular formula is C26H27N3O3S. The van der Waals surface area contributed by atoms with Crippen LogP contribution < -0.4 is 16.0 Å². The van der Waals surface area contributed by atoms with Crippen molar-refractivity contribution >= 4 is 35.0 Å². The number of fused-ring (bicyclic) bond motifs is 1. The second-order valence-corrected chi connectivity index (χ2v) is 9.33. The van der Waals surface area contributed by atoms with Gasteiger partial charge in [-0.3, -0.25) is 9.59 Å². The van der Waals surface area contributed by atoms with Gasteiger partial charge in [-0.25, -0.2) is 0 Å². The van der Waals surface area contributed by atoms with E-state index < -0.39 is 11.0 Å². The summed E-state index contributed by atoms with van der Waals surface area (Å²) in [5.41, 5.74) is 3.70. The Morgan fingerprint density at radius 2 is 1.36 bits per heavy atom. The SMILES string of the molecule is O=C(O)CC1(SCCCNC(=O)C(c2ccccc2)c2ccccc2)Nc2ccccc2N1. The van der Waals surface area contributed by atoms with Crippen molar-refractivity contribution < 1.29 is 14.7 Å². The number of amides is 1. The number of nitrogens with one attached hydrogen (secondary N) is 3. The van der Waals surface area contributed by atoms with Crippen molar-refractivity contribution in [2.45, 2.75) is 23.8 Å². The van der Waals surface area contributed by atoms with Crippen LogP contribution in [0.25, 0.3) is 0 Å².